The number of aromatic nitrogens is 1. The van der Waals surface area contributed by atoms with Gasteiger partial charge in [0.05, 0.1) is 0 Å². The lowest BCUT2D eigenvalue weighted by atomic mass is 10.1. The molecule has 0 aromatic carbocycles. The third-order valence-electron chi connectivity index (χ3n) is 4.27. The van der Waals surface area contributed by atoms with Crippen molar-refractivity contribution < 1.29 is 0 Å². The van der Waals surface area contributed by atoms with Gasteiger partial charge in [0.25, 0.3) is 0 Å². The van der Waals surface area contributed by atoms with E-state index in [0.29, 0.717) is 0 Å². The van der Waals surface area contributed by atoms with Gasteiger partial charge in [-0.25, -0.2) is 4.98 Å². The van der Waals surface area contributed by atoms with Crippen LogP contribution in [0, 0.1) is 0 Å². The van der Waals surface area contributed by atoms with Crippen molar-refractivity contribution in [3.63, 3.8) is 0 Å². The summed E-state index contributed by atoms with van der Waals surface area (Å²) in [4.78, 5) is 7.24. The van der Waals surface area contributed by atoms with E-state index in [2.05, 4.69) is 35.3 Å². The number of nitrogens with one attached hydrogen (secondary N) is 1. The molecular weight excluding hydrogens is 258 g/mol. The van der Waals surface area contributed by atoms with E-state index in [-0.39, 0.29) is 0 Å². The molecular formula is C18H31N3. The quantitative estimate of drug-likeness (QED) is 0.701. The predicted molar refractivity (Wildman–Crippen MR) is 91.0 cm³/mol. The van der Waals surface area contributed by atoms with Gasteiger partial charge in [0.15, 0.2) is 0 Å². The minimum atomic E-state index is 1.07. The summed E-state index contributed by atoms with van der Waals surface area (Å²) in [5, 5.41) is 3.39. The molecule has 118 valence electrons. The molecule has 2 rings (SSSR count). The van der Waals surface area contributed by atoms with Gasteiger partial charge in [-0.3, -0.25) is 0 Å². The van der Waals surface area contributed by atoms with Crippen molar-refractivity contribution in [2.45, 2.75) is 58.3 Å². The van der Waals surface area contributed by atoms with Crippen LogP contribution in [0.2, 0.25) is 0 Å². The maximum atomic E-state index is 4.84. The van der Waals surface area contributed by atoms with Crippen LogP contribution in [-0.2, 0) is 6.42 Å². The Hall–Kier alpha value is -1.09. The number of hydrogen-bond donors (Lipinski definition) is 1. The van der Waals surface area contributed by atoms with Crippen LogP contribution < -0.4 is 10.2 Å². The van der Waals surface area contributed by atoms with E-state index in [4.69, 9.17) is 4.98 Å². The molecule has 0 aliphatic carbocycles. The summed E-state index contributed by atoms with van der Waals surface area (Å²) < 4.78 is 0. The van der Waals surface area contributed by atoms with Gasteiger partial charge in [-0.15, -0.1) is 0 Å². The van der Waals surface area contributed by atoms with Gasteiger partial charge < -0.3 is 10.2 Å². The van der Waals surface area contributed by atoms with Crippen LogP contribution in [0.1, 0.15) is 57.6 Å². The summed E-state index contributed by atoms with van der Waals surface area (Å²) in [5.74, 6) is 1.16. The van der Waals surface area contributed by atoms with E-state index in [1.807, 2.05) is 0 Å². The fourth-order valence-corrected chi connectivity index (χ4v) is 2.94. The SMILES string of the molecule is CCCCCCCCCc1cccc(N2CCNCC2)n1. The lowest BCUT2D eigenvalue weighted by Crippen LogP contribution is -2.43. The maximum Gasteiger partial charge on any atom is 0.128 e. The Morgan fingerprint density at radius 1 is 1.00 bits per heavy atom. The Balaban J connectivity index is 1.68. The molecule has 0 saturated carbocycles. The summed E-state index contributed by atoms with van der Waals surface area (Å²) in [6.07, 6.45) is 10.7. The zero-order valence-electron chi connectivity index (χ0n) is 13.6. The summed E-state index contributed by atoms with van der Waals surface area (Å²) in [6, 6.07) is 6.50. The highest BCUT2D eigenvalue weighted by molar-refractivity contribution is 5.39. The van der Waals surface area contributed by atoms with Gasteiger partial charge in [-0.2, -0.15) is 0 Å². The summed E-state index contributed by atoms with van der Waals surface area (Å²) in [5.41, 5.74) is 1.26. The van der Waals surface area contributed by atoms with Crippen molar-refractivity contribution in [2.75, 3.05) is 31.1 Å². The highest BCUT2D eigenvalue weighted by Gasteiger charge is 2.11. The van der Waals surface area contributed by atoms with Crippen LogP contribution in [0.15, 0.2) is 18.2 Å². The van der Waals surface area contributed by atoms with E-state index >= 15 is 0 Å². The number of anilines is 1. The Bertz CT molecular complexity index is 386. The number of aryl methyl sites for hydroxylation is 1. The topological polar surface area (TPSA) is 28.2 Å². The second kappa shape index (κ2) is 9.78. The molecule has 1 saturated heterocycles. The van der Waals surface area contributed by atoms with Crippen molar-refractivity contribution in [1.82, 2.24) is 10.3 Å². The lowest BCUT2D eigenvalue weighted by Gasteiger charge is -2.28. The second-order valence-electron chi connectivity index (χ2n) is 6.10. The standard InChI is InChI=1S/C18H31N3/c1-2-3-4-5-6-7-8-10-17-11-9-12-18(20-17)21-15-13-19-14-16-21/h9,11-12,19H,2-8,10,13-16H2,1H3. The number of pyridine rings is 1. The molecule has 1 aromatic heterocycles. The smallest absolute Gasteiger partial charge is 0.128 e. The molecule has 0 bridgehead atoms. The van der Waals surface area contributed by atoms with E-state index in [0.717, 1.165) is 38.4 Å². The average molecular weight is 289 g/mol. The van der Waals surface area contributed by atoms with Crippen molar-refractivity contribution >= 4 is 5.82 Å². The van der Waals surface area contributed by atoms with E-state index < -0.39 is 0 Å². The molecule has 1 aliphatic rings. The lowest BCUT2D eigenvalue weighted by molar-refractivity contribution is 0.579. The molecule has 2 heterocycles. The monoisotopic (exact) mass is 289 g/mol. The molecule has 1 fully saturated rings. The number of nitrogens with zero attached hydrogens (tertiary/aromatic N) is 2. The van der Waals surface area contributed by atoms with Crippen molar-refractivity contribution in [1.29, 1.82) is 0 Å². The molecule has 0 unspecified atom stereocenters. The van der Waals surface area contributed by atoms with E-state index in [1.165, 1.54) is 50.6 Å². The molecule has 0 radical (unpaired) electrons. The molecule has 0 spiro atoms. The highest BCUT2D eigenvalue weighted by atomic mass is 15.2. The minimum Gasteiger partial charge on any atom is -0.354 e. The molecule has 0 atom stereocenters. The minimum absolute atomic E-state index is 1.07. The third kappa shape index (κ3) is 6.04. The van der Waals surface area contributed by atoms with Crippen LogP contribution >= 0.6 is 0 Å². The molecule has 3 nitrogen and oxygen atoms in total. The number of hydrogen-bond acceptors (Lipinski definition) is 3. The zero-order chi connectivity index (χ0) is 14.8. The first kappa shape index (κ1) is 16.3. The maximum absolute atomic E-state index is 4.84. The highest BCUT2D eigenvalue weighted by Crippen LogP contribution is 2.14. The summed E-state index contributed by atoms with van der Waals surface area (Å²) in [6.45, 7) is 6.58. The number of rotatable bonds is 9. The first-order valence-electron chi connectivity index (χ1n) is 8.82. The Kier molecular flexibility index (Phi) is 7.58. The van der Waals surface area contributed by atoms with Crippen LogP contribution in [0.4, 0.5) is 5.82 Å². The molecule has 1 aromatic rings. The van der Waals surface area contributed by atoms with Crippen LogP contribution in [-0.4, -0.2) is 31.2 Å². The van der Waals surface area contributed by atoms with E-state index in [9.17, 15) is 0 Å². The third-order valence-corrected chi connectivity index (χ3v) is 4.27. The Morgan fingerprint density at radius 2 is 1.71 bits per heavy atom. The largest absolute Gasteiger partial charge is 0.354 e. The molecule has 1 aliphatic heterocycles. The molecule has 3 heteroatoms. The van der Waals surface area contributed by atoms with Crippen LogP contribution in [0.5, 0.6) is 0 Å². The summed E-state index contributed by atoms with van der Waals surface area (Å²) in [7, 11) is 0. The van der Waals surface area contributed by atoms with Gasteiger partial charge >= 0.3 is 0 Å². The number of piperazine rings is 1. The summed E-state index contributed by atoms with van der Waals surface area (Å²) >= 11 is 0. The molecule has 1 N–H and O–H groups in total. The van der Waals surface area contributed by atoms with Gasteiger partial charge in [0.1, 0.15) is 5.82 Å². The van der Waals surface area contributed by atoms with Crippen LogP contribution in [0.25, 0.3) is 0 Å². The van der Waals surface area contributed by atoms with Crippen LogP contribution in [0.3, 0.4) is 0 Å². The molecule has 21 heavy (non-hydrogen) atoms. The van der Waals surface area contributed by atoms with Gasteiger partial charge in [-0.05, 0) is 25.0 Å². The Morgan fingerprint density at radius 3 is 2.48 bits per heavy atom. The predicted octanol–water partition coefficient (Wildman–Crippen LogP) is 3.78. The molecule has 0 amide bonds. The Labute approximate surface area is 130 Å². The first-order chi connectivity index (χ1) is 10.4. The van der Waals surface area contributed by atoms with Crippen molar-refractivity contribution in [3.05, 3.63) is 23.9 Å². The normalized spacial score (nSPS) is 15.4. The van der Waals surface area contributed by atoms with Gasteiger partial charge in [0.2, 0.25) is 0 Å². The van der Waals surface area contributed by atoms with Crippen molar-refractivity contribution in [3.8, 4) is 0 Å². The fourth-order valence-electron chi connectivity index (χ4n) is 2.94. The van der Waals surface area contributed by atoms with Gasteiger partial charge in [0, 0.05) is 31.9 Å². The van der Waals surface area contributed by atoms with E-state index in [1.54, 1.807) is 0 Å². The van der Waals surface area contributed by atoms with Gasteiger partial charge in [-0.1, -0.05) is 51.5 Å². The second-order valence-corrected chi connectivity index (χ2v) is 6.10. The number of unbranched alkanes of at least 4 members (excludes halogenated alkanes) is 6. The average Bonchev–Trinajstić information content (AvgIpc) is 2.55. The fraction of sp³-hybridized carbons (Fsp3) is 0.722. The first-order valence-corrected chi connectivity index (χ1v) is 8.82. The van der Waals surface area contributed by atoms with Crippen molar-refractivity contribution in [2.24, 2.45) is 0 Å². The zero-order valence-corrected chi connectivity index (χ0v) is 13.6.